The zero-order valence-electron chi connectivity index (χ0n) is 3.38. The van der Waals surface area contributed by atoms with E-state index in [4.69, 9.17) is 0 Å². The van der Waals surface area contributed by atoms with Crippen molar-refractivity contribution >= 4 is 12.2 Å². The Kier molecular flexibility index (Phi) is 1.65. The Bertz CT molecular complexity index is 87.1. The molecule has 0 aliphatic heterocycles. The molecule has 0 bridgehead atoms. The largest absolute Gasteiger partial charge is 0.413 e. The van der Waals surface area contributed by atoms with Crippen molar-refractivity contribution in [2.75, 3.05) is 0 Å². The minimum absolute atomic E-state index is 1.19. The Labute approximate surface area is 39.2 Å². The van der Waals surface area contributed by atoms with Gasteiger partial charge in [0.15, 0.2) is 0 Å². The van der Waals surface area contributed by atoms with Crippen LogP contribution >= 0.6 is 0 Å². The molecule has 0 heterocycles. The van der Waals surface area contributed by atoms with Crippen molar-refractivity contribution in [3.63, 3.8) is 0 Å². The van der Waals surface area contributed by atoms with Crippen molar-refractivity contribution < 1.29 is 14.3 Å². The fourth-order valence-corrected chi connectivity index (χ4v) is 0.0991. The summed E-state index contributed by atoms with van der Waals surface area (Å²) in [5, 5.41) is 0. The highest BCUT2D eigenvalue weighted by atomic mass is 16.6. The van der Waals surface area contributed by atoms with Gasteiger partial charge in [-0.05, 0) is 0 Å². The van der Waals surface area contributed by atoms with E-state index in [9.17, 15) is 9.59 Å². The number of hydrogen-bond donors (Lipinski definition) is 2. The predicted molar refractivity (Wildman–Crippen MR) is 20.3 cm³/mol. The zero-order chi connectivity index (χ0) is 5.86. The molecule has 0 spiro atoms. The molecule has 40 valence electrons. The Morgan fingerprint density at radius 3 is 1.43 bits per heavy atom. The number of carbonyl (C=O) groups is 2. The molecular weight excluding hydrogens is 100 g/mol. The molecule has 0 aromatic carbocycles. The molecule has 5 heteroatoms. The van der Waals surface area contributed by atoms with Gasteiger partial charge in [0.25, 0.3) is 0 Å². The third-order valence-electron chi connectivity index (χ3n) is 0.201. The number of primary amides is 2. The highest BCUT2D eigenvalue weighted by Crippen LogP contribution is 1.67. The summed E-state index contributed by atoms with van der Waals surface area (Å²) in [6.07, 6.45) is -2.38. The third kappa shape index (κ3) is 4.74. The molecule has 4 N–H and O–H groups in total. The fourth-order valence-electron chi connectivity index (χ4n) is 0.0991. The Morgan fingerprint density at radius 2 is 1.43 bits per heavy atom. The Balaban J connectivity index is 3.32. The van der Waals surface area contributed by atoms with Gasteiger partial charge < -0.3 is 16.2 Å². The van der Waals surface area contributed by atoms with Crippen LogP contribution in [0.25, 0.3) is 0 Å². The molecule has 0 rings (SSSR count). The maximum absolute atomic E-state index is 9.51. The summed E-state index contributed by atoms with van der Waals surface area (Å²) in [5.74, 6) is 0. The number of rotatable bonds is 0. The normalized spacial score (nSPS) is 7.43. The van der Waals surface area contributed by atoms with Gasteiger partial charge in [0, 0.05) is 0 Å². The summed E-state index contributed by atoms with van der Waals surface area (Å²) in [5.41, 5.74) is 8.66. The standard InChI is InChI=1S/C2H4N2O3/c3-1(5)7-2(4)6/h(H2,3,5)(H2,4,6). The smallest absolute Gasteiger partial charge is 0.360 e. The lowest BCUT2D eigenvalue weighted by molar-refractivity contribution is 0.164. The van der Waals surface area contributed by atoms with Crippen LogP contribution in [0.4, 0.5) is 9.59 Å². The van der Waals surface area contributed by atoms with Crippen molar-refractivity contribution in [3.8, 4) is 0 Å². The van der Waals surface area contributed by atoms with Gasteiger partial charge in [-0.3, -0.25) is 0 Å². The van der Waals surface area contributed by atoms with E-state index >= 15 is 0 Å². The van der Waals surface area contributed by atoms with E-state index in [1.54, 1.807) is 0 Å². The summed E-state index contributed by atoms with van der Waals surface area (Å²) in [4.78, 5) is 19.0. The first kappa shape index (κ1) is 5.74. The number of nitrogens with two attached hydrogens (primary N) is 2. The van der Waals surface area contributed by atoms with Crippen molar-refractivity contribution in [2.45, 2.75) is 0 Å². The average molecular weight is 104 g/mol. The maximum Gasteiger partial charge on any atom is 0.413 e. The minimum atomic E-state index is -1.19. The van der Waals surface area contributed by atoms with Crippen LogP contribution in [0.2, 0.25) is 0 Å². The molecule has 0 radical (unpaired) electrons. The fraction of sp³-hybridized carbons (Fsp3) is 0. The van der Waals surface area contributed by atoms with Gasteiger partial charge in [0.2, 0.25) is 0 Å². The van der Waals surface area contributed by atoms with Gasteiger partial charge in [0.1, 0.15) is 0 Å². The highest BCUT2D eigenvalue weighted by molar-refractivity contribution is 5.81. The second-order valence-corrected chi connectivity index (χ2v) is 0.740. The van der Waals surface area contributed by atoms with Crippen molar-refractivity contribution in [3.05, 3.63) is 0 Å². The van der Waals surface area contributed by atoms with E-state index in [1.165, 1.54) is 0 Å². The van der Waals surface area contributed by atoms with Crippen molar-refractivity contribution in [1.29, 1.82) is 0 Å². The van der Waals surface area contributed by atoms with Crippen LogP contribution in [0.3, 0.4) is 0 Å². The first-order valence-electron chi connectivity index (χ1n) is 1.39. The molecular formula is C2H4N2O3. The SMILES string of the molecule is NC(=O)OC(N)=O. The van der Waals surface area contributed by atoms with Crippen LogP contribution in [0.15, 0.2) is 0 Å². The molecule has 0 atom stereocenters. The van der Waals surface area contributed by atoms with E-state index in [2.05, 4.69) is 16.2 Å². The predicted octanol–water partition coefficient (Wildman–Crippen LogP) is -0.840. The summed E-state index contributed by atoms with van der Waals surface area (Å²) < 4.78 is 3.53. The lowest BCUT2D eigenvalue weighted by atomic mass is 11.1. The Hall–Kier alpha value is -1.26. The molecule has 0 unspecified atom stereocenters. The minimum Gasteiger partial charge on any atom is -0.360 e. The van der Waals surface area contributed by atoms with Crippen molar-refractivity contribution in [1.82, 2.24) is 0 Å². The summed E-state index contributed by atoms with van der Waals surface area (Å²) in [7, 11) is 0. The van der Waals surface area contributed by atoms with Gasteiger partial charge in [0.05, 0.1) is 0 Å². The van der Waals surface area contributed by atoms with E-state index < -0.39 is 12.2 Å². The first-order chi connectivity index (χ1) is 3.13. The quantitative estimate of drug-likeness (QED) is 0.392. The molecule has 0 aliphatic carbocycles. The van der Waals surface area contributed by atoms with Gasteiger partial charge >= 0.3 is 12.2 Å². The van der Waals surface area contributed by atoms with E-state index in [0.29, 0.717) is 0 Å². The van der Waals surface area contributed by atoms with Gasteiger partial charge in [-0.25, -0.2) is 9.59 Å². The van der Waals surface area contributed by atoms with Crippen LogP contribution in [-0.2, 0) is 4.74 Å². The van der Waals surface area contributed by atoms with E-state index in [1.807, 2.05) is 0 Å². The molecule has 7 heavy (non-hydrogen) atoms. The van der Waals surface area contributed by atoms with Crippen LogP contribution < -0.4 is 11.5 Å². The summed E-state index contributed by atoms with van der Waals surface area (Å²) in [6, 6.07) is 0. The monoisotopic (exact) mass is 104 g/mol. The zero-order valence-corrected chi connectivity index (χ0v) is 3.38. The molecule has 0 fully saturated rings. The molecule has 5 nitrogen and oxygen atoms in total. The van der Waals surface area contributed by atoms with Crippen molar-refractivity contribution in [2.24, 2.45) is 11.5 Å². The van der Waals surface area contributed by atoms with E-state index in [0.717, 1.165) is 0 Å². The van der Waals surface area contributed by atoms with E-state index in [-0.39, 0.29) is 0 Å². The lowest BCUT2D eigenvalue weighted by Gasteiger charge is -1.87. The van der Waals surface area contributed by atoms with Crippen LogP contribution in [0.1, 0.15) is 0 Å². The topological polar surface area (TPSA) is 95.4 Å². The Morgan fingerprint density at radius 1 is 1.14 bits per heavy atom. The summed E-state index contributed by atoms with van der Waals surface area (Å²) in [6.45, 7) is 0. The van der Waals surface area contributed by atoms with Crippen LogP contribution in [-0.4, -0.2) is 12.2 Å². The highest BCUT2D eigenvalue weighted by Gasteiger charge is 1.95. The van der Waals surface area contributed by atoms with Gasteiger partial charge in [-0.2, -0.15) is 0 Å². The first-order valence-corrected chi connectivity index (χ1v) is 1.39. The van der Waals surface area contributed by atoms with Crippen LogP contribution in [0, 0.1) is 0 Å². The number of hydrogen-bond acceptors (Lipinski definition) is 3. The van der Waals surface area contributed by atoms with Crippen LogP contribution in [0.5, 0.6) is 0 Å². The third-order valence-corrected chi connectivity index (χ3v) is 0.201. The average Bonchev–Trinajstić information content (AvgIpc) is 1.27. The second kappa shape index (κ2) is 2.01. The maximum atomic E-state index is 9.51. The van der Waals surface area contributed by atoms with Gasteiger partial charge in [-0.1, -0.05) is 0 Å². The molecule has 2 amide bonds. The lowest BCUT2D eigenvalue weighted by Crippen LogP contribution is -2.22. The molecule has 0 aromatic heterocycles. The number of amides is 2. The van der Waals surface area contributed by atoms with Gasteiger partial charge in [-0.15, -0.1) is 0 Å². The number of ether oxygens (including phenoxy) is 1. The second-order valence-electron chi connectivity index (χ2n) is 0.740. The number of carbonyl (C=O) groups excluding carboxylic acids is 2. The summed E-state index contributed by atoms with van der Waals surface area (Å²) >= 11 is 0. The molecule has 0 aromatic rings. The molecule has 0 saturated heterocycles. The molecule has 0 aliphatic rings. The molecule has 0 saturated carbocycles.